The van der Waals surface area contributed by atoms with E-state index < -0.39 is 0 Å². The molecule has 0 spiro atoms. The van der Waals surface area contributed by atoms with E-state index in [4.69, 9.17) is 5.53 Å². The Balaban J connectivity index is 2.10. The molecule has 1 aromatic heterocycles. The van der Waals surface area contributed by atoms with Crippen LogP contribution < -0.4 is 5.32 Å². The standard InChI is InChI=1S/C8H12N6O/c9-14-11-4-2-1-3-10-8(15)7-5-12-13-6-7/h5-6H,1-4H2,(H,10,15)(H,12,13). The Labute approximate surface area is 86.5 Å². The third kappa shape index (κ3) is 4.15. The van der Waals surface area contributed by atoms with Gasteiger partial charge in [0.1, 0.15) is 0 Å². The first-order chi connectivity index (χ1) is 7.34. The molecule has 7 heteroatoms. The minimum Gasteiger partial charge on any atom is -0.352 e. The Hall–Kier alpha value is -2.01. The van der Waals surface area contributed by atoms with Crippen LogP contribution in [0.3, 0.4) is 0 Å². The van der Waals surface area contributed by atoms with Crippen LogP contribution in [0.4, 0.5) is 0 Å². The van der Waals surface area contributed by atoms with Gasteiger partial charge in [-0.3, -0.25) is 9.89 Å². The quantitative estimate of drug-likeness (QED) is 0.317. The lowest BCUT2D eigenvalue weighted by molar-refractivity contribution is 0.0953. The summed E-state index contributed by atoms with van der Waals surface area (Å²) in [5.41, 5.74) is 8.53. The predicted octanol–water partition coefficient (Wildman–Crippen LogP) is 1.23. The third-order valence-corrected chi connectivity index (χ3v) is 1.79. The molecule has 0 aliphatic rings. The Kier molecular flexibility index (Phi) is 4.75. The molecule has 0 radical (unpaired) electrons. The van der Waals surface area contributed by atoms with E-state index in [1.807, 2.05) is 0 Å². The maximum Gasteiger partial charge on any atom is 0.254 e. The van der Waals surface area contributed by atoms with Gasteiger partial charge in [-0.15, -0.1) is 0 Å². The summed E-state index contributed by atoms with van der Waals surface area (Å²) in [6, 6.07) is 0. The van der Waals surface area contributed by atoms with E-state index in [1.54, 1.807) is 0 Å². The lowest BCUT2D eigenvalue weighted by Gasteiger charge is -2.01. The summed E-state index contributed by atoms with van der Waals surface area (Å²) < 4.78 is 0. The predicted molar refractivity (Wildman–Crippen MR) is 54.2 cm³/mol. The van der Waals surface area contributed by atoms with E-state index in [1.165, 1.54) is 12.4 Å². The molecule has 1 rings (SSSR count). The smallest absolute Gasteiger partial charge is 0.254 e. The van der Waals surface area contributed by atoms with Crippen molar-refractivity contribution >= 4 is 5.91 Å². The average Bonchev–Trinajstić information content (AvgIpc) is 2.76. The number of nitrogens with zero attached hydrogens (tertiary/aromatic N) is 4. The van der Waals surface area contributed by atoms with E-state index in [0.717, 1.165) is 12.8 Å². The van der Waals surface area contributed by atoms with Crippen molar-refractivity contribution < 1.29 is 4.79 Å². The van der Waals surface area contributed by atoms with Crippen molar-refractivity contribution in [1.82, 2.24) is 15.5 Å². The van der Waals surface area contributed by atoms with Crippen molar-refractivity contribution in [2.75, 3.05) is 13.1 Å². The van der Waals surface area contributed by atoms with Crippen LogP contribution in [0.5, 0.6) is 0 Å². The number of azide groups is 1. The number of carbonyl (C=O) groups excluding carboxylic acids is 1. The summed E-state index contributed by atoms with van der Waals surface area (Å²) in [5.74, 6) is -0.146. The summed E-state index contributed by atoms with van der Waals surface area (Å²) in [4.78, 5) is 14.0. The molecule has 0 aliphatic carbocycles. The maximum atomic E-state index is 11.3. The van der Waals surface area contributed by atoms with E-state index in [9.17, 15) is 4.79 Å². The number of carbonyl (C=O) groups is 1. The van der Waals surface area contributed by atoms with Gasteiger partial charge in [-0.05, 0) is 18.4 Å². The number of amides is 1. The molecule has 80 valence electrons. The molecule has 0 aromatic carbocycles. The molecule has 0 fully saturated rings. The largest absolute Gasteiger partial charge is 0.352 e. The summed E-state index contributed by atoms with van der Waals surface area (Å²) in [5, 5.41) is 12.4. The Morgan fingerprint density at radius 2 is 2.53 bits per heavy atom. The number of unbranched alkanes of at least 4 members (excludes halogenated alkanes) is 1. The molecular weight excluding hydrogens is 196 g/mol. The molecule has 0 bridgehead atoms. The highest BCUT2D eigenvalue weighted by Crippen LogP contribution is 1.94. The number of hydrogen-bond acceptors (Lipinski definition) is 3. The van der Waals surface area contributed by atoms with Crippen LogP contribution in [0, 0.1) is 0 Å². The molecule has 1 aromatic rings. The fraction of sp³-hybridized carbons (Fsp3) is 0.500. The van der Waals surface area contributed by atoms with Gasteiger partial charge in [0.25, 0.3) is 5.91 Å². The van der Waals surface area contributed by atoms with Crippen molar-refractivity contribution in [2.45, 2.75) is 12.8 Å². The van der Waals surface area contributed by atoms with Gasteiger partial charge in [-0.2, -0.15) is 5.10 Å². The van der Waals surface area contributed by atoms with Crippen LogP contribution in [-0.4, -0.2) is 29.2 Å². The number of H-pyrrole nitrogens is 1. The monoisotopic (exact) mass is 208 g/mol. The van der Waals surface area contributed by atoms with Crippen LogP contribution in [0.15, 0.2) is 17.5 Å². The summed E-state index contributed by atoms with van der Waals surface area (Å²) in [6.07, 6.45) is 4.57. The maximum absolute atomic E-state index is 11.3. The molecule has 7 nitrogen and oxygen atoms in total. The zero-order chi connectivity index (χ0) is 10.9. The second-order valence-electron chi connectivity index (χ2n) is 2.90. The number of hydrogen-bond donors (Lipinski definition) is 2. The van der Waals surface area contributed by atoms with Crippen molar-refractivity contribution in [3.05, 3.63) is 28.4 Å². The van der Waals surface area contributed by atoms with Crippen molar-refractivity contribution in [3.8, 4) is 0 Å². The minimum atomic E-state index is -0.146. The Morgan fingerprint density at radius 1 is 1.67 bits per heavy atom. The van der Waals surface area contributed by atoms with E-state index in [-0.39, 0.29) is 5.91 Å². The fourth-order valence-electron chi connectivity index (χ4n) is 1.03. The van der Waals surface area contributed by atoms with Gasteiger partial charge in [0.05, 0.1) is 11.8 Å². The first-order valence-corrected chi connectivity index (χ1v) is 4.62. The molecule has 0 saturated heterocycles. The second-order valence-corrected chi connectivity index (χ2v) is 2.90. The molecule has 0 atom stereocenters. The summed E-state index contributed by atoms with van der Waals surface area (Å²) in [6.45, 7) is 1.04. The molecule has 0 unspecified atom stereocenters. The van der Waals surface area contributed by atoms with Crippen LogP contribution in [0.2, 0.25) is 0 Å². The van der Waals surface area contributed by atoms with Crippen LogP contribution >= 0.6 is 0 Å². The number of rotatable bonds is 6. The van der Waals surface area contributed by atoms with Crippen LogP contribution in [-0.2, 0) is 0 Å². The van der Waals surface area contributed by atoms with Crippen molar-refractivity contribution in [3.63, 3.8) is 0 Å². The number of nitrogens with one attached hydrogen (secondary N) is 2. The Bertz CT molecular complexity index is 340. The zero-order valence-corrected chi connectivity index (χ0v) is 8.18. The highest BCUT2D eigenvalue weighted by molar-refractivity contribution is 5.93. The van der Waals surface area contributed by atoms with E-state index >= 15 is 0 Å². The molecule has 15 heavy (non-hydrogen) atoms. The highest BCUT2D eigenvalue weighted by Gasteiger charge is 2.04. The first kappa shape index (κ1) is 11.1. The SMILES string of the molecule is [N-]=[N+]=NCCCCNC(=O)c1cn[nH]c1. The zero-order valence-electron chi connectivity index (χ0n) is 8.18. The molecule has 1 amide bonds. The fourth-order valence-corrected chi connectivity index (χ4v) is 1.03. The molecule has 2 N–H and O–H groups in total. The van der Waals surface area contributed by atoms with Crippen LogP contribution in [0.1, 0.15) is 23.2 Å². The van der Waals surface area contributed by atoms with E-state index in [0.29, 0.717) is 18.7 Å². The molecular formula is C8H12N6O. The summed E-state index contributed by atoms with van der Waals surface area (Å²) in [7, 11) is 0. The van der Waals surface area contributed by atoms with Gasteiger partial charge in [0.2, 0.25) is 0 Å². The summed E-state index contributed by atoms with van der Waals surface area (Å²) >= 11 is 0. The van der Waals surface area contributed by atoms with Gasteiger partial charge in [0, 0.05) is 24.2 Å². The normalized spacial score (nSPS) is 9.33. The van der Waals surface area contributed by atoms with Gasteiger partial charge in [-0.1, -0.05) is 5.11 Å². The van der Waals surface area contributed by atoms with Crippen LogP contribution in [0.25, 0.3) is 10.4 Å². The first-order valence-electron chi connectivity index (χ1n) is 4.62. The Morgan fingerprint density at radius 3 is 3.20 bits per heavy atom. The minimum absolute atomic E-state index is 0.146. The van der Waals surface area contributed by atoms with Gasteiger partial charge < -0.3 is 5.32 Å². The number of aromatic nitrogens is 2. The van der Waals surface area contributed by atoms with E-state index in [2.05, 4.69) is 25.5 Å². The molecule has 1 heterocycles. The molecule has 0 saturated carbocycles. The lowest BCUT2D eigenvalue weighted by atomic mass is 10.3. The highest BCUT2D eigenvalue weighted by atomic mass is 16.1. The van der Waals surface area contributed by atoms with Gasteiger partial charge >= 0.3 is 0 Å². The molecule has 0 aliphatic heterocycles. The topological polar surface area (TPSA) is 107 Å². The third-order valence-electron chi connectivity index (χ3n) is 1.79. The van der Waals surface area contributed by atoms with Gasteiger partial charge in [0.15, 0.2) is 0 Å². The number of aromatic amines is 1. The average molecular weight is 208 g/mol. The lowest BCUT2D eigenvalue weighted by Crippen LogP contribution is -2.24. The van der Waals surface area contributed by atoms with Crippen molar-refractivity contribution in [1.29, 1.82) is 0 Å². The van der Waals surface area contributed by atoms with Gasteiger partial charge in [-0.25, -0.2) is 0 Å². The van der Waals surface area contributed by atoms with Crippen molar-refractivity contribution in [2.24, 2.45) is 5.11 Å². The second kappa shape index (κ2) is 6.44.